The Morgan fingerprint density at radius 2 is 1.66 bits per heavy atom. The van der Waals surface area contributed by atoms with Gasteiger partial charge in [0.2, 0.25) is 28.6 Å². The molecule has 1 aliphatic rings. The van der Waals surface area contributed by atoms with Crippen LogP contribution in [0.2, 0.25) is 0 Å². The second-order valence-electron chi connectivity index (χ2n) is 13.4. The molecular formula is C35H46ClN5O8S. The molecule has 3 atom stereocenters. The minimum absolute atomic E-state index is 0. The average molecular weight is 732 g/mol. The van der Waals surface area contributed by atoms with E-state index in [-0.39, 0.29) is 61.6 Å². The molecule has 4 rings (SSSR count). The van der Waals surface area contributed by atoms with Gasteiger partial charge in [-0.25, -0.2) is 8.42 Å². The molecule has 2 aromatic carbocycles. The number of sulfonamides is 1. The maximum atomic E-state index is 13.9. The Bertz CT molecular complexity index is 1700. The summed E-state index contributed by atoms with van der Waals surface area (Å²) >= 11 is 0. The van der Waals surface area contributed by atoms with E-state index in [1.807, 2.05) is 44.2 Å². The Kier molecular flexibility index (Phi) is 14.2. The van der Waals surface area contributed by atoms with Crippen LogP contribution in [0, 0.1) is 11.3 Å². The summed E-state index contributed by atoms with van der Waals surface area (Å²) < 4.78 is 39.8. The van der Waals surface area contributed by atoms with E-state index in [2.05, 4.69) is 20.9 Å². The molecule has 2 heterocycles. The molecule has 0 unspecified atom stereocenters. The Morgan fingerprint density at radius 3 is 2.30 bits per heavy atom. The number of nitrogens with one attached hydrogen (secondary N) is 3. The van der Waals surface area contributed by atoms with E-state index >= 15 is 0 Å². The molecule has 0 saturated carbocycles. The number of ether oxygens (including phenoxy) is 2. The number of carbonyl (C=O) groups excluding carboxylic acids is 3. The predicted octanol–water partition coefficient (Wildman–Crippen LogP) is 2.93. The molecule has 0 radical (unpaired) electrons. The van der Waals surface area contributed by atoms with E-state index in [1.165, 1.54) is 34.9 Å². The molecule has 4 N–H and O–H groups in total. The van der Waals surface area contributed by atoms with Gasteiger partial charge in [0.05, 0.1) is 29.1 Å². The van der Waals surface area contributed by atoms with Crippen molar-refractivity contribution in [1.82, 2.24) is 25.2 Å². The van der Waals surface area contributed by atoms with Crippen molar-refractivity contribution >= 4 is 40.2 Å². The van der Waals surface area contributed by atoms with E-state index in [1.54, 1.807) is 32.9 Å². The third kappa shape index (κ3) is 10.9. The summed E-state index contributed by atoms with van der Waals surface area (Å²) in [6.07, 6.45) is 1.73. The second kappa shape index (κ2) is 17.6. The summed E-state index contributed by atoms with van der Waals surface area (Å²) in [5.74, 6) is -0.993. The highest BCUT2D eigenvalue weighted by atomic mass is 35.5. The number of rotatable bonds is 15. The maximum Gasteiger partial charge on any atom is 0.253 e. The van der Waals surface area contributed by atoms with Crippen molar-refractivity contribution in [3.63, 3.8) is 0 Å². The normalized spacial score (nSPS) is 14.3. The van der Waals surface area contributed by atoms with Crippen LogP contribution >= 0.6 is 12.4 Å². The number of aliphatic hydroxyl groups excluding tert-OH is 1. The number of nitrogens with zero attached hydrogens (tertiary/aromatic N) is 2. The lowest BCUT2D eigenvalue weighted by molar-refractivity contribution is -0.132. The molecule has 1 aromatic heterocycles. The number of hydrogen-bond donors (Lipinski definition) is 4. The van der Waals surface area contributed by atoms with Crippen LogP contribution in [0.5, 0.6) is 11.5 Å². The Morgan fingerprint density at radius 1 is 0.960 bits per heavy atom. The Labute approximate surface area is 299 Å². The van der Waals surface area contributed by atoms with E-state index in [9.17, 15) is 27.9 Å². The van der Waals surface area contributed by atoms with Crippen LogP contribution in [0.15, 0.2) is 78.0 Å². The van der Waals surface area contributed by atoms with Crippen LogP contribution in [-0.2, 0) is 26.0 Å². The summed E-state index contributed by atoms with van der Waals surface area (Å²) in [7, 11) is -4.11. The topological polar surface area (TPSA) is 176 Å². The molecule has 13 nitrogen and oxygen atoms in total. The number of aromatic nitrogens is 1. The minimum atomic E-state index is -4.11. The van der Waals surface area contributed by atoms with Crippen molar-refractivity contribution in [2.24, 2.45) is 11.3 Å². The highest BCUT2D eigenvalue weighted by molar-refractivity contribution is 7.89. The summed E-state index contributed by atoms with van der Waals surface area (Å²) in [6.45, 7) is 8.45. The van der Waals surface area contributed by atoms with Crippen molar-refractivity contribution in [2.45, 2.75) is 64.1 Å². The fourth-order valence-corrected chi connectivity index (χ4v) is 6.90. The van der Waals surface area contributed by atoms with Crippen LogP contribution < -0.4 is 25.4 Å². The number of benzene rings is 2. The smallest absolute Gasteiger partial charge is 0.253 e. The zero-order valence-electron chi connectivity index (χ0n) is 28.8. The lowest BCUT2D eigenvalue weighted by Gasteiger charge is -2.34. The van der Waals surface area contributed by atoms with Gasteiger partial charge in [-0.15, -0.1) is 12.4 Å². The van der Waals surface area contributed by atoms with Gasteiger partial charge >= 0.3 is 0 Å². The average Bonchev–Trinajstić information content (AvgIpc) is 3.54. The van der Waals surface area contributed by atoms with Crippen molar-refractivity contribution < 1.29 is 37.4 Å². The quantitative estimate of drug-likeness (QED) is 0.183. The molecule has 0 bridgehead atoms. The molecule has 50 heavy (non-hydrogen) atoms. The zero-order chi connectivity index (χ0) is 35.8. The van der Waals surface area contributed by atoms with E-state index in [0.29, 0.717) is 11.5 Å². The fraction of sp³-hybridized carbons (Fsp3) is 0.429. The first-order chi connectivity index (χ1) is 23.1. The van der Waals surface area contributed by atoms with Gasteiger partial charge in [0.1, 0.15) is 6.04 Å². The van der Waals surface area contributed by atoms with Gasteiger partial charge in [-0.1, -0.05) is 65.0 Å². The molecule has 0 fully saturated rings. The van der Waals surface area contributed by atoms with Gasteiger partial charge in [0.25, 0.3) is 5.91 Å². The summed E-state index contributed by atoms with van der Waals surface area (Å²) in [4.78, 5) is 43.2. The number of aliphatic hydroxyl groups is 1. The number of halogens is 1. The van der Waals surface area contributed by atoms with Gasteiger partial charge in [-0.2, -0.15) is 4.31 Å². The SMILES string of the molecule is CC(C)CN(C[C@@H](O)[C@H](Cc1ccccc1)NC(=O)[C@@H](NC(=O)CNC(=O)c1cccnc1)C(C)(C)C)S(=O)(=O)c1ccc2c(c1)OCO2.Cl. The Hall–Kier alpha value is -4.24. The molecule has 15 heteroatoms. The molecule has 0 aliphatic carbocycles. The maximum absolute atomic E-state index is 13.9. The third-order valence-corrected chi connectivity index (χ3v) is 9.63. The van der Waals surface area contributed by atoms with E-state index < -0.39 is 51.3 Å². The van der Waals surface area contributed by atoms with Gasteiger partial charge in [-0.3, -0.25) is 19.4 Å². The first-order valence-corrected chi connectivity index (χ1v) is 17.5. The number of amides is 3. The second-order valence-corrected chi connectivity index (χ2v) is 15.3. The highest BCUT2D eigenvalue weighted by Gasteiger charge is 2.37. The van der Waals surface area contributed by atoms with Gasteiger partial charge in [0, 0.05) is 31.5 Å². The van der Waals surface area contributed by atoms with E-state index in [4.69, 9.17) is 9.47 Å². The minimum Gasteiger partial charge on any atom is -0.454 e. The van der Waals surface area contributed by atoms with Crippen LogP contribution in [0.1, 0.15) is 50.5 Å². The number of carbonyl (C=O) groups is 3. The van der Waals surface area contributed by atoms with Crippen LogP contribution in [-0.4, -0.2) is 85.1 Å². The monoisotopic (exact) mass is 731 g/mol. The summed E-state index contributed by atoms with van der Waals surface area (Å²) in [6, 6.07) is 14.7. The van der Waals surface area contributed by atoms with Crippen molar-refractivity contribution in [3.05, 3.63) is 84.2 Å². The predicted molar refractivity (Wildman–Crippen MR) is 189 cm³/mol. The molecule has 3 amide bonds. The molecule has 3 aromatic rings. The fourth-order valence-electron chi connectivity index (χ4n) is 5.26. The van der Waals surface area contributed by atoms with Crippen LogP contribution in [0.3, 0.4) is 0 Å². The number of hydrogen-bond acceptors (Lipinski definition) is 9. The lowest BCUT2D eigenvalue weighted by atomic mass is 9.85. The van der Waals surface area contributed by atoms with Crippen molar-refractivity contribution in [1.29, 1.82) is 0 Å². The lowest BCUT2D eigenvalue weighted by Crippen LogP contribution is -2.59. The van der Waals surface area contributed by atoms with Crippen LogP contribution in [0.4, 0.5) is 0 Å². The van der Waals surface area contributed by atoms with Gasteiger partial charge in [0.15, 0.2) is 11.5 Å². The molecule has 1 aliphatic heterocycles. The number of fused-ring (bicyclic) bond motifs is 1. The van der Waals surface area contributed by atoms with Gasteiger partial charge < -0.3 is 30.5 Å². The largest absolute Gasteiger partial charge is 0.454 e. The first-order valence-electron chi connectivity index (χ1n) is 16.0. The molecule has 0 spiro atoms. The summed E-state index contributed by atoms with van der Waals surface area (Å²) in [5.41, 5.74) is 0.308. The van der Waals surface area contributed by atoms with E-state index in [0.717, 1.165) is 5.56 Å². The van der Waals surface area contributed by atoms with Crippen molar-refractivity contribution in [2.75, 3.05) is 26.4 Å². The third-order valence-electron chi connectivity index (χ3n) is 7.80. The molecule has 0 saturated heterocycles. The van der Waals surface area contributed by atoms with Crippen LogP contribution in [0.25, 0.3) is 0 Å². The van der Waals surface area contributed by atoms with Crippen molar-refractivity contribution in [3.8, 4) is 11.5 Å². The van der Waals surface area contributed by atoms with Gasteiger partial charge in [-0.05, 0) is 47.6 Å². The molecule has 272 valence electrons. The standard InChI is InChI=1S/C35H45N5O8S.ClH/c1-23(2)20-40(49(45,46)26-13-14-29-30(17-26)48-22-47-29)21-28(41)27(16-24-10-7-6-8-11-24)38-34(44)32(35(3,4)5)39-31(42)19-37-33(43)25-12-9-15-36-18-25;/h6-15,17-18,23,27-28,32,41H,16,19-22H2,1-5H3,(H,37,43)(H,38,44)(H,39,42);1H/t27-,28+,32+;/m0./s1. The Balaban J connectivity index is 0.00000676. The first kappa shape index (κ1) is 40.2. The molecular weight excluding hydrogens is 686 g/mol. The number of pyridine rings is 1. The summed E-state index contributed by atoms with van der Waals surface area (Å²) in [5, 5.41) is 19.8. The zero-order valence-corrected chi connectivity index (χ0v) is 30.4. The highest BCUT2D eigenvalue weighted by Crippen LogP contribution is 2.35.